The first-order chi connectivity index (χ1) is 8.78. The van der Waals surface area contributed by atoms with Crippen molar-refractivity contribution in [1.29, 1.82) is 0 Å². The maximum atomic E-state index is 11.6. The molecule has 0 bridgehead atoms. The van der Waals surface area contributed by atoms with E-state index in [9.17, 15) is 4.79 Å². The summed E-state index contributed by atoms with van der Waals surface area (Å²) in [4.78, 5) is 11.6. The summed E-state index contributed by atoms with van der Waals surface area (Å²) in [6.45, 7) is 1.98. The molecule has 1 amide bonds. The number of hydrogen-bond donors (Lipinski definition) is 2. The van der Waals surface area contributed by atoms with Crippen molar-refractivity contribution in [2.24, 2.45) is 0 Å². The zero-order valence-corrected chi connectivity index (χ0v) is 10.1. The minimum Gasteiger partial charge on any atom is -0.484 e. The molecule has 0 fully saturated rings. The molecule has 0 aliphatic heterocycles. The number of amides is 1. The first-order valence-corrected chi connectivity index (χ1v) is 5.80. The molecule has 2 rings (SSSR count). The van der Waals surface area contributed by atoms with E-state index in [0.29, 0.717) is 11.6 Å². The average molecular weight is 245 g/mol. The average Bonchev–Trinajstić information content (AvgIpc) is 2.85. The molecule has 1 aromatic heterocycles. The number of nitrogens with zero attached hydrogens (tertiary/aromatic N) is 1. The minimum atomic E-state index is -0.229. The van der Waals surface area contributed by atoms with Crippen LogP contribution in [0.5, 0.6) is 5.75 Å². The van der Waals surface area contributed by atoms with Crippen molar-refractivity contribution in [3.8, 4) is 5.75 Å². The Morgan fingerprint density at radius 1 is 1.39 bits per heavy atom. The molecule has 0 atom stereocenters. The molecule has 0 unspecified atom stereocenters. The molecule has 18 heavy (non-hydrogen) atoms. The van der Waals surface area contributed by atoms with Crippen LogP contribution in [0.1, 0.15) is 12.6 Å². The van der Waals surface area contributed by atoms with Gasteiger partial charge in [-0.2, -0.15) is 5.10 Å². The normalized spacial score (nSPS) is 10.1. The van der Waals surface area contributed by atoms with Gasteiger partial charge in [-0.1, -0.05) is 25.1 Å². The highest BCUT2D eigenvalue weighted by Gasteiger charge is 2.06. The highest BCUT2D eigenvalue weighted by Crippen LogP contribution is 2.09. The Balaban J connectivity index is 1.82. The number of aryl methyl sites for hydroxylation is 1. The van der Waals surface area contributed by atoms with Crippen LogP contribution in [0.3, 0.4) is 0 Å². The van der Waals surface area contributed by atoms with E-state index in [1.807, 2.05) is 25.1 Å². The molecule has 1 aromatic carbocycles. The van der Waals surface area contributed by atoms with Gasteiger partial charge in [0.25, 0.3) is 5.91 Å². The highest BCUT2D eigenvalue weighted by molar-refractivity contribution is 5.90. The monoisotopic (exact) mass is 245 g/mol. The third-order valence-electron chi connectivity index (χ3n) is 2.39. The fourth-order valence-corrected chi connectivity index (χ4v) is 1.45. The summed E-state index contributed by atoms with van der Waals surface area (Å²) in [6.07, 6.45) is 0.851. The van der Waals surface area contributed by atoms with Gasteiger partial charge in [0.1, 0.15) is 5.75 Å². The summed E-state index contributed by atoms with van der Waals surface area (Å²) < 4.78 is 5.32. The van der Waals surface area contributed by atoms with Gasteiger partial charge in [0, 0.05) is 11.8 Å². The maximum absolute atomic E-state index is 11.6. The molecule has 0 aliphatic rings. The highest BCUT2D eigenvalue weighted by atomic mass is 16.5. The Morgan fingerprint density at radius 2 is 2.17 bits per heavy atom. The number of ether oxygens (including phenoxy) is 1. The van der Waals surface area contributed by atoms with Crippen LogP contribution in [-0.4, -0.2) is 22.7 Å². The van der Waals surface area contributed by atoms with Crippen molar-refractivity contribution in [3.05, 3.63) is 42.1 Å². The summed E-state index contributed by atoms with van der Waals surface area (Å²) in [5, 5.41) is 9.46. The second-order valence-electron chi connectivity index (χ2n) is 3.78. The van der Waals surface area contributed by atoms with Crippen LogP contribution in [0.25, 0.3) is 0 Å². The number of para-hydroxylation sites is 1. The van der Waals surface area contributed by atoms with Gasteiger partial charge in [0.15, 0.2) is 12.4 Å². The van der Waals surface area contributed by atoms with Crippen LogP contribution in [0.15, 0.2) is 36.4 Å². The predicted octanol–water partition coefficient (Wildman–Crippen LogP) is 1.99. The third kappa shape index (κ3) is 3.35. The number of nitrogens with one attached hydrogen (secondary N) is 2. The van der Waals surface area contributed by atoms with Gasteiger partial charge in [-0.05, 0) is 18.6 Å². The van der Waals surface area contributed by atoms with E-state index in [1.54, 1.807) is 18.2 Å². The number of benzene rings is 1. The lowest BCUT2D eigenvalue weighted by atomic mass is 10.3. The van der Waals surface area contributed by atoms with Crippen LogP contribution in [0.4, 0.5) is 5.82 Å². The van der Waals surface area contributed by atoms with Crippen molar-refractivity contribution in [1.82, 2.24) is 10.2 Å². The fourth-order valence-electron chi connectivity index (χ4n) is 1.45. The zero-order chi connectivity index (χ0) is 12.8. The molecule has 0 radical (unpaired) electrons. The Labute approximate surface area is 105 Å². The number of aromatic nitrogens is 2. The topological polar surface area (TPSA) is 67.0 Å². The first kappa shape index (κ1) is 12.2. The number of H-pyrrole nitrogens is 1. The molecule has 5 heteroatoms. The van der Waals surface area contributed by atoms with Gasteiger partial charge in [-0.25, -0.2) is 0 Å². The van der Waals surface area contributed by atoms with E-state index in [0.717, 1.165) is 12.1 Å². The van der Waals surface area contributed by atoms with E-state index in [1.165, 1.54) is 0 Å². The van der Waals surface area contributed by atoms with Crippen LogP contribution in [-0.2, 0) is 11.2 Å². The number of rotatable bonds is 5. The Hall–Kier alpha value is -2.30. The van der Waals surface area contributed by atoms with E-state index in [4.69, 9.17) is 4.74 Å². The molecule has 0 saturated carbocycles. The van der Waals surface area contributed by atoms with Crippen molar-refractivity contribution in [3.63, 3.8) is 0 Å². The van der Waals surface area contributed by atoms with E-state index in [-0.39, 0.29) is 12.5 Å². The fraction of sp³-hybridized carbons (Fsp3) is 0.231. The standard InChI is InChI=1S/C13H15N3O2/c1-2-10-8-12(16-15-10)14-13(17)9-18-11-6-4-3-5-7-11/h3-8H,2,9H2,1H3,(H2,14,15,16,17). The van der Waals surface area contributed by atoms with Crippen molar-refractivity contribution >= 4 is 11.7 Å². The number of carbonyl (C=O) groups excluding carboxylic acids is 1. The van der Waals surface area contributed by atoms with Crippen LogP contribution >= 0.6 is 0 Å². The van der Waals surface area contributed by atoms with Crippen LogP contribution in [0.2, 0.25) is 0 Å². The van der Waals surface area contributed by atoms with Crippen molar-refractivity contribution in [2.75, 3.05) is 11.9 Å². The van der Waals surface area contributed by atoms with E-state index in [2.05, 4.69) is 15.5 Å². The Bertz CT molecular complexity index is 508. The SMILES string of the molecule is CCc1cc(NC(=O)COc2ccccc2)n[nH]1. The largest absolute Gasteiger partial charge is 0.484 e. The first-order valence-electron chi connectivity index (χ1n) is 5.80. The predicted molar refractivity (Wildman–Crippen MR) is 68.5 cm³/mol. The van der Waals surface area contributed by atoms with Gasteiger partial charge in [0.05, 0.1) is 0 Å². The summed E-state index contributed by atoms with van der Waals surface area (Å²) in [5.41, 5.74) is 0.981. The van der Waals surface area contributed by atoms with E-state index >= 15 is 0 Å². The van der Waals surface area contributed by atoms with Crippen LogP contribution < -0.4 is 10.1 Å². The Morgan fingerprint density at radius 3 is 2.83 bits per heavy atom. The van der Waals surface area contributed by atoms with E-state index < -0.39 is 0 Å². The van der Waals surface area contributed by atoms with Crippen molar-refractivity contribution in [2.45, 2.75) is 13.3 Å². The summed E-state index contributed by atoms with van der Waals surface area (Å²) in [5.74, 6) is 0.963. The maximum Gasteiger partial charge on any atom is 0.263 e. The van der Waals surface area contributed by atoms with Crippen LogP contribution in [0, 0.1) is 0 Å². The number of anilines is 1. The lowest BCUT2D eigenvalue weighted by Gasteiger charge is -2.05. The third-order valence-corrected chi connectivity index (χ3v) is 2.39. The van der Waals surface area contributed by atoms with Gasteiger partial charge in [-0.15, -0.1) is 0 Å². The lowest BCUT2D eigenvalue weighted by molar-refractivity contribution is -0.118. The zero-order valence-electron chi connectivity index (χ0n) is 10.1. The second-order valence-corrected chi connectivity index (χ2v) is 3.78. The molecule has 1 heterocycles. The van der Waals surface area contributed by atoms with Gasteiger partial charge < -0.3 is 10.1 Å². The summed E-state index contributed by atoms with van der Waals surface area (Å²) in [7, 11) is 0. The number of hydrogen-bond acceptors (Lipinski definition) is 3. The quantitative estimate of drug-likeness (QED) is 0.846. The molecule has 0 spiro atoms. The van der Waals surface area contributed by atoms with Gasteiger partial charge >= 0.3 is 0 Å². The summed E-state index contributed by atoms with van der Waals surface area (Å²) in [6, 6.07) is 11.0. The smallest absolute Gasteiger partial charge is 0.263 e. The number of carbonyl (C=O) groups is 1. The van der Waals surface area contributed by atoms with Gasteiger partial charge in [0.2, 0.25) is 0 Å². The molecular formula is C13H15N3O2. The molecule has 2 N–H and O–H groups in total. The summed E-state index contributed by atoms with van der Waals surface area (Å²) >= 11 is 0. The molecule has 0 aliphatic carbocycles. The Kier molecular flexibility index (Phi) is 3.96. The second kappa shape index (κ2) is 5.86. The minimum absolute atomic E-state index is 0.0294. The molecule has 2 aromatic rings. The lowest BCUT2D eigenvalue weighted by Crippen LogP contribution is -2.20. The van der Waals surface area contributed by atoms with Gasteiger partial charge in [-0.3, -0.25) is 9.89 Å². The molecule has 5 nitrogen and oxygen atoms in total. The molecule has 0 saturated heterocycles. The van der Waals surface area contributed by atoms with Crippen molar-refractivity contribution < 1.29 is 9.53 Å². The molecule has 94 valence electrons. The number of aromatic amines is 1. The molecular weight excluding hydrogens is 230 g/mol.